The highest BCUT2D eigenvalue weighted by molar-refractivity contribution is 7.80. The highest BCUT2D eigenvalue weighted by atomic mass is 32.1. The second kappa shape index (κ2) is 7.76. The molecule has 0 unspecified atom stereocenters. The number of nitriles is 1. The summed E-state index contributed by atoms with van der Waals surface area (Å²) in [5.74, 6) is 0.781. The van der Waals surface area contributed by atoms with E-state index < -0.39 is 0 Å². The van der Waals surface area contributed by atoms with Crippen LogP contribution in [0, 0.1) is 11.3 Å². The van der Waals surface area contributed by atoms with Gasteiger partial charge in [0, 0.05) is 5.69 Å². The lowest BCUT2D eigenvalue weighted by Gasteiger charge is -2.07. The summed E-state index contributed by atoms with van der Waals surface area (Å²) in [6.45, 7) is 0. The van der Waals surface area contributed by atoms with E-state index in [1.165, 1.54) is 0 Å². The minimum atomic E-state index is 0.384. The van der Waals surface area contributed by atoms with E-state index >= 15 is 0 Å². The number of rotatable bonds is 4. The van der Waals surface area contributed by atoms with E-state index in [1.807, 2.05) is 36.4 Å². The number of ether oxygens (including phenoxy) is 1. The van der Waals surface area contributed by atoms with E-state index in [4.69, 9.17) is 22.2 Å². The molecule has 110 valence electrons. The van der Waals surface area contributed by atoms with E-state index in [-0.39, 0.29) is 0 Å². The Kier molecular flexibility index (Phi) is 5.46. The van der Waals surface area contributed by atoms with Crippen LogP contribution in [0.5, 0.6) is 5.75 Å². The second-order valence-electron chi connectivity index (χ2n) is 4.29. The van der Waals surface area contributed by atoms with Crippen LogP contribution >= 0.6 is 12.2 Å². The van der Waals surface area contributed by atoms with Crippen molar-refractivity contribution >= 4 is 29.2 Å². The van der Waals surface area contributed by atoms with Gasteiger partial charge in [-0.15, -0.1) is 0 Å². The van der Waals surface area contributed by atoms with Crippen LogP contribution < -0.4 is 15.5 Å². The van der Waals surface area contributed by atoms with Crippen LogP contribution in [0.3, 0.4) is 0 Å². The molecule has 22 heavy (non-hydrogen) atoms. The SMILES string of the molecule is COc1ccc(NC(=S)N/N=C/c2ccc(C#N)cc2)cc1. The average molecular weight is 310 g/mol. The molecule has 5 nitrogen and oxygen atoms in total. The zero-order valence-corrected chi connectivity index (χ0v) is 12.7. The van der Waals surface area contributed by atoms with Crippen molar-refractivity contribution < 1.29 is 4.74 Å². The number of nitrogens with one attached hydrogen (secondary N) is 2. The minimum Gasteiger partial charge on any atom is -0.497 e. The number of benzene rings is 2. The van der Waals surface area contributed by atoms with Crippen molar-refractivity contribution in [1.29, 1.82) is 5.26 Å². The summed E-state index contributed by atoms with van der Waals surface area (Å²) in [6, 6.07) is 16.5. The summed E-state index contributed by atoms with van der Waals surface area (Å²) >= 11 is 5.14. The molecule has 0 heterocycles. The fourth-order valence-corrected chi connectivity index (χ4v) is 1.81. The Bertz CT molecular complexity index is 702. The molecule has 0 saturated carbocycles. The highest BCUT2D eigenvalue weighted by Crippen LogP contribution is 2.14. The van der Waals surface area contributed by atoms with Gasteiger partial charge in [-0.2, -0.15) is 10.4 Å². The van der Waals surface area contributed by atoms with Gasteiger partial charge in [0.05, 0.1) is 25.0 Å². The Morgan fingerprint density at radius 3 is 2.45 bits per heavy atom. The van der Waals surface area contributed by atoms with Gasteiger partial charge in [-0.1, -0.05) is 12.1 Å². The Balaban J connectivity index is 1.86. The lowest BCUT2D eigenvalue weighted by molar-refractivity contribution is 0.415. The van der Waals surface area contributed by atoms with Crippen molar-refractivity contribution in [1.82, 2.24) is 5.43 Å². The molecule has 2 aromatic carbocycles. The van der Waals surface area contributed by atoms with Gasteiger partial charge in [-0.3, -0.25) is 5.43 Å². The molecule has 6 heteroatoms. The number of nitrogens with zero attached hydrogens (tertiary/aromatic N) is 2. The predicted molar refractivity (Wildman–Crippen MR) is 91.1 cm³/mol. The Hall–Kier alpha value is -2.91. The molecule has 0 spiro atoms. The van der Waals surface area contributed by atoms with Crippen LogP contribution in [0.1, 0.15) is 11.1 Å². The van der Waals surface area contributed by atoms with E-state index in [9.17, 15) is 0 Å². The van der Waals surface area contributed by atoms with E-state index in [2.05, 4.69) is 21.9 Å². The summed E-state index contributed by atoms with van der Waals surface area (Å²) in [5.41, 5.74) is 5.06. The largest absolute Gasteiger partial charge is 0.497 e. The molecule has 0 aliphatic heterocycles. The van der Waals surface area contributed by atoms with Gasteiger partial charge < -0.3 is 10.1 Å². The van der Waals surface area contributed by atoms with Crippen molar-refractivity contribution in [3.05, 3.63) is 59.7 Å². The maximum absolute atomic E-state index is 8.72. The second-order valence-corrected chi connectivity index (χ2v) is 4.69. The Morgan fingerprint density at radius 2 is 1.86 bits per heavy atom. The smallest absolute Gasteiger partial charge is 0.191 e. The molecule has 0 saturated heterocycles. The third kappa shape index (κ3) is 4.58. The van der Waals surface area contributed by atoms with Crippen molar-refractivity contribution in [3.63, 3.8) is 0 Å². The van der Waals surface area contributed by atoms with Crippen LogP contribution in [0.2, 0.25) is 0 Å². The van der Waals surface area contributed by atoms with E-state index in [0.717, 1.165) is 17.0 Å². The van der Waals surface area contributed by atoms with Gasteiger partial charge in [-0.25, -0.2) is 0 Å². The topological polar surface area (TPSA) is 69.4 Å². The van der Waals surface area contributed by atoms with Gasteiger partial charge in [-0.05, 0) is 54.2 Å². The molecule has 0 bridgehead atoms. The molecule has 2 aromatic rings. The van der Waals surface area contributed by atoms with Crippen LogP contribution in [0.15, 0.2) is 53.6 Å². The number of hydrazone groups is 1. The van der Waals surface area contributed by atoms with Gasteiger partial charge in [0.25, 0.3) is 0 Å². The third-order valence-corrected chi connectivity index (χ3v) is 2.96. The molecule has 2 N–H and O–H groups in total. The van der Waals surface area contributed by atoms with Crippen molar-refractivity contribution in [2.75, 3.05) is 12.4 Å². The van der Waals surface area contributed by atoms with Gasteiger partial charge >= 0.3 is 0 Å². The van der Waals surface area contributed by atoms with Gasteiger partial charge in [0.15, 0.2) is 5.11 Å². The molecule has 0 radical (unpaired) electrons. The third-order valence-electron chi connectivity index (χ3n) is 2.77. The number of methoxy groups -OCH3 is 1. The van der Waals surface area contributed by atoms with Gasteiger partial charge in [0.2, 0.25) is 0 Å². The summed E-state index contributed by atoms with van der Waals surface area (Å²) < 4.78 is 5.08. The maximum Gasteiger partial charge on any atom is 0.191 e. The normalized spacial score (nSPS) is 10.0. The molecular formula is C16H14N4OS. The number of hydrogen-bond donors (Lipinski definition) is 2. The zero-order chi connectivity index (χ0) is 15.8. The molecule has 0 atom stereocenters. The Morgan fingerprint density at radius 1 is 1.18 bits per heavy atom. The molecule has 2 rings (SSSR count). The molecular weight excluding hydrogens is 296 g/mol. The first-order valence-electron chi connectivity index (χ1n) is 6.45. The minimum absolute atomic E-state index is 0.384. The fraction of sp³-hybridized carbons (Fsp3) is 0.0625. The maximum atomic E-state index is 8.72. The molecule has 0 amide bonds. The quantitative estimate of drug-likeness (QED) is 0.516. The van der Waals surface area contributed by atoms with Crippen molar-refractivity contribution in [2.24, 2.45) is 5.10 Å². The zero-order valence-electron chi connectivity index (χ0n) is 11.9. The number of thiocarbonyl (C=S) groups is 1. The summed E-state index contributed by atoms with van der Waals surface area (Å²) in [7, 11) is 1.62. The fourth-order valence-electron chi connectivity index (χ4n) is 1.64. The summed E-state index contributed by atoms with van der Waals surface area (Å²) in [4.78, 5) is 0. The monoisotopic (exact) mass is 310 g/mol. The molecule has 0 fully saturated rings. The molecule has 0 aliphatic rings. The molecule has 0 aromatic heterocycles. The van der Waals surface area contributed by atoms with Crippen molar-refractivity contribution in [2.45, 2.75) is 0 Å². The lowest BCUT2D eigenvalue weighted by Crippen LogP contribution is -2.23. The first-order valence-corrected chi connectivity index (χ1v) is 6.86. The first-order chi connectivity index (χ1) is 10.7. The van der Waals surface area contributed by atoms with Crippen molar-refractivity contribution in [3.8, 4) is 11.8 Å². The number of anilines is 1. The van der Waals surface area contributed by atoms with E-state index in [0.29, 0.717) is 10.7 Å². The predicted octanol–water partition coefficient (Wildman–Crippen LogP) is 2.89. The van der Waals surface area contributed by atoms with E-state index in [1.54, 1.807) is 25.5 Å². The summed E-state index contributed by atoms with van der Waals surface area (Å²) in [5, 5.41) is 16.2. The van der Waals surface area contributed by atoms with Crippen LogP contribution in [0.4, 0.5) is 5.69 Å². The molecule has 0 aliphatic carbocycles. The van der Waals surface area contributed by atoms with Crippen LogP contribution in [-0.2, 0) is 0 Å². The highest BCUT2D eigenvalue weighted by Gasteiger charge is 1.97. The number of hydrogen-bond acceptors (Lipinski definition) is 4. The van der Waals surface area contributed by atoms with Crippen LogP contribution in [-0.4, -0.2) is 18.4 Å². The van der Waals surface area contributed by atoms with Crippen LogP contribution in [0.25, 0.3) is 0 Å². The first kappa shape index (κ1) is 15.5. The Labute approximate surface area is 134 Å². The average Bonchev–Trinajstić information content (AvgIpc) is 2.56. The lowest BCUT2D eigenvalue weighted by atomic mass is 10.2. The van der Waals surface area contributed by atoms with Gasteiger partial charge in [0.1, 0.15) is 5.75 Å². The summed E-state index contributed by atoms with van der Waals surface area (Å²) in [6.07, 6.45) is 1.63. The standard InChI is InChI=1S/C16H14N4OS/c1-21-15-8-6-14(7-9-15)19-16(22)20-18-11-13-4-2-12(10-17)3-5-13/h2-9,11H,1H3,(H2,19,20,22)/b18-11+.